The number of methoxy groups -OCH3 is 1. The molecule has 0 aliphatic rings. The number of hydrogen-bond donors (Lipinski definition) is 1. The van der Waals surface area contributed by atoms with Crippen LogP contribution in [0.25, 0.3) is 0 Å². The molecular weight excluding hydrogens is 244 g/mol. The molecule has 0 aliphatic heterocycles. The minimum Gasteiger partial charge on any atom is -0.497 e. The highest BCUT2D eigenvalue weighted by atomic mass is 32.2. The van der Waals surface area contributed by atoms with E-state index in [0.717, 1.165) is 10.6 Å². The summed E-state index contributed by atoms with van der Waals surface area (Å²) < 4.78 is 5.12. The Kier molecular flexibility index (Phi) is 5.54. The third-order valence-electron chi connectivity index (χ3n) is 2.62. The number of nitrogens with zero attached hydrogens (tertiary/aromatic N) is 1. The van der Waals surface area contributed by atoms with Crippen LogP contribution in [-0.4, -0.2) is 29.3 Å². The molecule has 1 rings (SSSR count). The molecule has 3 nitrogen and oxygen atoms in total. The molecule has 0 spiro atoms. The highest BCUT2D eigenvalue weighted by molar-refractivity contribution is 8.13. The van der Waals surface area contributed by atoms with E-state index in [1.54, 1.807) is 7.11 Å². The molecule has 100 valence electrons. The number of nitrogens with one attached hydrogen (secondary N) is 1. The highest BCUT2D eigenvalue weighted by Crippen LogP contribution is 2.25. The lowest BCUT2D eigenvalue weighted by Gasteiger charge is -2.32. The van der Waals surface area contributed by atoms with Gasteiger partial charge in [-0.3, -0.25) is 5.41 Å². The Morgan fingerprint density at radius 2 is 1.61 bits per heavy atom. The summed E-state index contributed by atoms with van der Waals surface area (Å²) in [6.07, 6.45) is 0. The van der Waals surface area contributed by atoms with Crippen LogP contribution in [0.3, 0.4) is 0 Å². The fourth-order valence-electron chi connectivity index (χ4n) is 1.87. The normalized spacial score (nSPS) is 10.8. The van der Waals surface area contributed by atoms with Crippen molar-refractivity contribution in [1.82, 2.24) is 4.90 Å². The first-order chi connectivity index (χ1) is 8.45. The van der Waals surface area contributed by atoms with Crippen LogP contribution in [0, 0.1) is 5.41 Å². The van der Waals surface area contributed by atoms with Crippen LogP contribution in [0.1, 0.15) is 27.7 Å². The Labute approximate surface area is 114 Å². The quantitative estimate of drug-likeness (QED) is 0.511. The van der Waals surface area contributed by atoms with Crippen LogP contribution in [0.4, 0.5) is 0 Å². The summed E-state index contributed by atoms with van der Waals surface area (Å²) in [4.78, 5) is 3.17. The van der Waals surface area contributed by atoms with Gasteiger partial charge in [-0.15, -0.1) is 0 Å². The molecule has 4 heteroatoms. The van der Waals surface area contributed by atoms with Gasteiger partial charge in [0.05, 0.1) is 7.11 Å². The monoisotopic (exact) mass is 266 g/mol. The summed E-state index contributed by atoms with van der Waals surface area (Å²) in [7, 11) is 1.66. The van der Waals surface area contributed by atoms with Gasteiger partial charge in [0.25, 0.3) is 0 Å². The number of rotatable bonds is 4. The third kappa shape index (κ3) is 3.95. The Bertz CT molecular complexity index is 379. The molecule has 0 bridgehead atoms. The standard InChI is InChI=1S/C14H22N2OS/c1-10(2)16(11(3)4)14(15)18-13-8-6-12(17-5)7-9-13/h6-11,15H,1-5H3. The van der Waals surface area contributed by atoms with Crippen molar-refractivity contribution in [1.29, 1.82) is 5.41 Å². The van der Waals surface area contributed by atoms with E-state index in [2.05, 4.69) is 32.6 Å². The van der Waals surface area contributed by atoms with Gasteiger partial charge in [-0.25, -0.2) is 0 Å². The van der Waals surface area contributed by atoms with Crippen LogP contribution < -0.4 is 4.74 Å². The van der Waals surface area contributed by atoms with Gasteiger partial charge in [0, 0.05) is 17.0 Å². The van der Waals surface area contributed by atoms with E-state index in [1.165, 1.54) is 11.8 Å². The van der Waals surface area contributed by atoms with E-state index in [4.69, 9.17) is 10.1 Å². The Hall–Kier alpha value is -1.16. The molecule has 0 saturated carbocycles. The predicted molar refractivity (Wildman–Crippen MR) is 78.7 cm³/mol. The van der Waals surface area contributed by atoms with Gasteiger partial charge in [0.2, 0.25) is 0 Å². The SMILES string of the molecule is COc1ccc(SC(=N)N(C(C)C)C(C)C)cc1. The lowest BCUT2D eigenvalue weighted by Crippen LogP contribution is -2.40. The van der Waals surface area contributed by atoms with Crippen molar-refractivity contribution in [2.24, 2.45) is 0 Å². The third-order valence-corrected chi connectivity index (χ3v) is 3.53. The van der Waals surface area contributed by atoms with Gasteiger partial charge in [-0.05, 0) is 52.0 Å². The summed E-state index contributed by atoms with van der Waals surface area (Å²) in [6.45, 7) is 8.46. The molecule has 1 N–H and O–H groups in total. The number of hydrogen-bond acceptors (Lipinski definition) is 3. The first kappa shape index (κ1) is 14.9. The number of ether oxygens (including phenoxy) is 1. The Balaban J connectivity index is 2.73. The second-order valence-corrected chi connectivity index (χ2v) is 5.74. The zero-order valence-electron chi connectivity index (χ0n) is 11.7. The average Bonchev–Trinajstić information content (AvgIpc) is 2.28. The molecule has 0 aliphatic carbocycles. The molecule has 18 heavy (non-hydrogen) atoms. The maximum atomic E-state index is 8.20. The van der Waals surface area contributed by atoms with E-state index in [9.17, 15) is 0 Å². The molecule has 0 amide bonds. The van der Waals surface area contributed by atoms with Crippen LogP contribution in [0.2, 0.25) is 0 Å². The van der Waals surface area contributed by atoms with Crippen LogP contribution in [-0.2, 0) is 0 Å². The molecule has 1 aromatic carbocycles. The number of benzene rings is 1. The molecule has 0 unspecified atom stereocenters. The second-order valence-electron chi connectivity index (χ2n) is 4.68. The van der Waals surface area contributed by atoms with Crippen molar-refractivity contribution in [2.75, 3.05) is 7.11 Å². The lowest BCUT2D eigenvalue weighted by molar-refractivity contribution is 0.296. The van der Waals surface area contributed by atoms with Gasteiger partial charge < -0.3 is 9.64 Å². The number of amidine groups is 1. The molecule has 0 heterocycles. The minimum absolute atomic E-state index is 0.336. The summed E-state index contributed by atoms with van der Waals surface area (Å²) in [5.41, 5.74) is 0. The minimum atomic E-state index is 0.336. The molecule has 0 radical (unpaired) electrons. The van der Waals surface area contributed by atoms with E-state index >= 15 is 0 Å². The topological polar surface area (TPSA) is 36.3 Å². The first-order valence-electron chi connectivity index (χ1n) is 6.14. The van der Waals surface area contributed by atoms with Crippen LogP contribution >= 0.6 is 11.8 Å². The average molecular weight is 266 g/mol. The largest absolute Gasteiger partial charge is 0.497 e. The summed E-state index contributed by atoms with van der Waals surface area (Å²) in [5, 5.41) is 8.79. The molecule has 0 fully saturated rings. The van der Waals surface area contributed by atoms with Crippen molar-refractivity contribution in [3.63, 3.8) is 0 Å². The van der Waals surface area contributed by atoms with Crippen molar-refractivity contribution in [2.45, 2.75) is 44.7 Å². The zero-order chi connectivity index (χ0) is 13.7. The van der Waals surface area contributed by atoms with Gasteiger partial charge in [-0.1, -0.05) is 11.8 Å². The summed E-state index contributed by atoms with van der Waals surface area (Å²) >= 11 is 1.48. The van der Waals surface area contributed by atoms with E-state index < -0.39 is 0 Å². The Morgan fingerprint density at radius 1 is 1.11 bits per heavy atom. The molecule has 1 aromatic rings. The fraction of sp³-hybridized carbons (Fsp3) is 0.500. The van der Waals surface area contributed by atoms with Gasteiger partial charge >= 0.3 is 0 Å². The van der Waals surface area contributed by atoms with Gasteiger partial charge in [0.15, 0.2) is 5.17 Å². The van der Waals surface area contributed by atoms with Gasteiger partial charge in [-0.2, -0.15) is 0 Å². The van der Waals surface area contributed by atoms with E-state index in [-0.39, 0.29) is 0 Å². The Morgan fingerprint density at radius 3 is 2.00 bits per heavy atom. The van der Waals surface area contributed by atoms with E-state index in [0.29, 0.717) is 17.3 Å². The van der Waals surface area contributed by atoms with Crippen LogP contribution in [0.15, 0.2) is 29.2 Å². The van der Waals surface area contributed by atoms with Gasteiger partial charge in [0.1, 0.15) is 5.75 Å². The molecule has 0 saturated heterocycles. The molecular formula is C14H22N2OS. The number of thioether (sulfide) groups is 1. The van der Waals surface area contributed by atoms with Crippen LogP contribution in [0.5, 0.6) is 5.75 Å². The predicted octanol–water partition coefficient (Wildman–Crippen LogP) is 3.84. The highest BCUT2D eigenvalue weighted by Gasteiger charge is 2.17. The fourth-order valence-corrected chi connectivity index (χ4v) is 2.90. The summed E-state index contributed by atoms with van der Waals surface area (Å²) in [5.74, 6) is 0.843. The van der Waals surface area contributed by atoms with Crippen molar-refractivity contribution >= 4 is 16.9 Å². The maximum absolute atomic E-state index is 8.20. The van der Waals surface area contributed by atoms with Crippen molar-refractivity contribution in [3.8, 4) is 5.75 Å². The second kappa shape index (κ2) is 6.69. The van der Waals surface area contributed by atoms with Crippen molar-refractivity contribution in [3.05, 3.63) is 24.3 Å². The smallest absolute Gasteiger partial charge is 0.161 e. The molecule has 0 atom stereocenters. The lowest BCUT2D eigenvalue weighted by atomic mass is 10.2. The summed E-state index contributed by atoms with van der Waals surface area (Å²) in [6, 6.07) is 8.48. The molecule has 0 aromatic heterocycles. The maximum Gasteiger partial charge on any atom is 0.161 e. The zero-order valence-corrected chi connectivity index (χ0v) is 12.5. The van der Waals surface area contributed by atoms with E-state index in [1.807, 2.05) is 24.3 Å². The van der Waals surface area contributed by atoms with Crippen molar-refractivity contribution < 1.29 is 4.74 Å². The first-order valence-corrected chi connectivity index (χ1v) is 6.96.